The zero-order chi connectivity index (χ0) is 13.7. The second-order valence-electron chi connectivity index (χ2n) is 5.24. The smallest absolute Gasteiger partial charge is 0.170 e. The highest BCUT2D eigenvalue weighted by Gasteiger charge is 2.24. The zero-order valence-electron chi connectivity index (χ0n) is 12.0. The first-order valence-corrected chi connectivity index (χ1v) is 7.32. The Bertz CT molecular complexity index is 408. The van der Waals surface area contributed by atoms with Gasteiger partial charge in [0.1, 0.15) is 0 Å². The fourth-order valence-corrected chi connectivity index (χ4v) is 2.88. The summed E-state index contributed by atoms with van der Waals surface area (Å²) in [5.41, 5.74) is 0.701. The largest absolute Gasteiger partial charge is 0.351 e. The molecule has 1 aliphatic heterocycles. The predicted molar refractivity (Wildman–Crippen MR) is 76.9 cm³/mol. The maximum atomic E-state index is 14.5. The normalized spacial score (nSPS) is 20.4. The van der Waals surface area contributed by atoms with Gasteiger partial charge < -0.3 is 10.2 Å². The van der Waals surface area contributed by atoms with E-state index in [0.29, 0.717) is 24.0 Å². The van der Waals surface area contributed by atoms with Gasteiger partial charge in [-0.1, -0.05) is 19.8 Å². The van der Waals surface area contributed by atoms with E-state index in [1.165, 1.54) is 12.8 Å². The summed E-state index contributed by atoms with van der Waals surface area (Å²) < 4.78 is 14.5. The van der Waals surface area contributed by atoms with Crippen molar-refractivity contribution in [2.24, 2.45) is 0 Å². The van der Waals surface area contributed by atoms with Gasteiger partial charge in [-0.05, 0) is 32.4 Å². The number of halogens is 1. The van der Waals surface area contributed by atoms with Gasteiger partial charge in [-0.2, -0.15) is 0 Å². The molecule has 0 amide bonds. The molecule has 0 bridgehead atoms. The van der Waals surface area contributed by atoms with Crippen LogP contribution in [0.1, 0.15) is 44.6 Å². The van der Waals surface area contributed by atoms with Gasteiger partial charge >= 0.3 is 0 Å². The van der Waals surface area contributed by atoms with Crippen molar-refractivity contribution in [1.82, 2.24) is 10.3 Å². The molecule has 1 atom stereocenters. The first-order valence-electron chi connectivity index (χ1n) is 7.32. The highest BCUT2D eigenvalue weighted by atomic mass is 19.1. The summed E-state index contributed by atoms with van der Waals surface area (Å²) >= 11 is 0. The fraction of sp³-hybridized carbons (Fsp3) is 0.667. The topological polar surface area (TPSA) is 28.2 Å². The molecule has 1 aromatic rings. The minimum absolute atomic E-state index is 0.155. The fourth-order valence-electron chi connectivity index (χ4n) is 2.88. The SMILES string of the molecule is CCC1CCCCCN1c1nccc(CNC)c1F. The summed E-state index contributed by atoms with van der Waals surface area (Å²) in [6, 6.07) is 2.18. The molecule has 1 saturated heterocycles. The Morgan fingerprint density at radius 2 is 2.26 bits per heavy atom. The van der Waals surface area contributed by atoms with Crippen LogP contribution in [0.4, 0.5) is 10.2 Å². The third-order valence-corrected chi connectivity index (χ3v) is 3.94. The van der Waals surface area contributed by atoms with E-state index in [4.69, 9.17) is 0 Å². The number of aromatic nitrogens is 1. The molecule has 0 saturated carbocycles. The van der Waals surface area contributed by atoms with Crippen molar-refractivity contribution in [3.05, 3.63) is 23.6 Å². The van der Waals surface area contributed by atoms with E-state index < -0.39 is 0 Å². The zero-order valence-corrected chi connectivity index (χ0v) is 12.0. The van der Waals surface area contributed by atoms with Crippen molar-refractivity contribution in [2.45, 2.75) is 51.6 Å². The number of nitrogens with zero attached hydrogens (tertiary/aromatic N) is 2. The van der Waals surface area contributed by atoms with Crippen LogP contribution in [-0.4, -0.2) is 24.6 Å². The van der Waals surface area contributed by atoms with E-state index in [0.717, 1.165) is 25.8 Å². The van der Waals surface area contributed by atoms with Crippen molar-refractivity contribution < 1.29 is 4.39 Å². The molecule has 0 spiro atoms. The number of anilines is 1. The molecule has 0 aromatic carbocycles. The Labute approximate surface area is 115 Å². The van der Waals surface area contributed by atoms with Gasteiger partial charge in [0.15, 0.2) is 11.6 Å². The van der Waals surface area contributed by atoms with Crippen LogP contribution in [0.3, 0.4) is 0 Å². The molecule has 1 fully saturated rings. The molecular weight excluding hydrogens is 241 g/mol. The highest BCUT2D eigenvalue weighted by Crippen LogP contribution is 2.27. The quantitative estimate of drug-likeness (QED) is 0.906. The molecule has 1 unspecified atom stereocenters. The standard InChI is InChI=1S/C15H24FN3/c1-3-13-7-5-4-6-10-19(13)15-14(16)12(11-17-2)8-9-18-15/h8-9,13,17H,3-7,10-11H2,1-2H3. The second-order valence-corrected chi connectivity index (χ2v) is 5.24. The minimum atomic E-state index is -0.155. The van der Waals surface area contributed by atoms with E-state index in [9.17, 15) is 4.39 Å². The molecule has 3 nitrogen and oxygen atoms in total. The lowest BCUT2D eigenvalue weighted by atomic mass is 10.1. The van der Waals surface area contributed by atoms with Crippen LogP contribution >= 0.6 is 0 Å². The van der Waals surface area contributed by atoms with Crippen LogP contribution in [-0.2, 0) is 6.54 Å². The molecule has 19 heavy (non-hydrogen) atoms. The Morgan fingerprint density at radius 1 is 1.42 bits per heavy atom. The Hall–Kier alpha value is -1.16. The third-order valence-electron chi connectivity index (χ3n) is 3.94. The number of hydrogen-bond donors (Lipinski definition) is 1. The summed E-state index contributed by atoms with van der Waals surface area (Å²) in [6.45, 7) is 3.65. The molecule has 0 aliphatic carbocycles. The van der Waals surface area contributed by atoms with Crippen molar-refractivity contribution in [2.75, 3.05) is 18.5 Å². The third kappa shape index (κ3) is 3.24. The van der Waals surface area contributed by atoms with Gasteiger partial charge in [0.25, 0.3) is 0 Å². The predicted octanol–water partition coefficient (Wildman–Crippen LogP) is 3.10. The number of rotatable bonds is 4. The lowest BCUT2D eigenvalue weighted by molar-refractivity contribution is 0.527. The van der Waals surface area contributed by atoms with Crippen molar-refractivity contribution in [3.8, 4) is 0 Å². The highest BCUT2D eigenvalue weighted by molar-refractivity contribution is 5.44. The van der Waals surface area contributed by atoms with Crippen molar-refractivity contribution in [1.29, 1.82) is 0 Å². The summed E-state index contributed by atoms with van der Waals surface area (Å²) in [5.74, 6) is 0.388. The Morgan fingerprint density at radius 3 is 3.00 bits per heavy atom. The van der Waals surface area contributed by atoms with Crippen LogP contribution < -0.4 is 10.2 Å². The summed E-state index contributed by atoms with van der Waals surface area (Å²) in [7, 11) is 1.83. The van der Waals surface area contributed by atoms with Crippen LogP contribution in [0.15, 0.2) is 12.3 Å². The molecule has 2 heterocycles. The van der Waals surface area contributed by atoms with Gasteiger partial charge in [0, 0.05) is 30.9 Å². The molecule has 2 rings (SSSR count). The Kier molecular flexibility index (Phi) is 5.14. The molecule has 1 N–H and O–H groups in total. The number of nitrogens with one attached hydrogen (secondary N) is 1. The monoisotopic (exact) mass is 265 g/mol. The summed E-state index contributed by atoms with van der Waals surface area (Å²) in [4.78, 5) is 6.49. The van der Waals surface area contributed by atoms with Gasteiger partial charge in [-0.3, -0.25) is 0 Å². The maximum Gasteiger partial charge on any atom is 0.170 e. The molecule has 106 valence electrons. The van der Waals surface area contributed by atoms with E-state index in [1.807, 2.05) is 7.05 Å². The molecule has 1 aliphatic rings. The van der Waals surface area contributed by atoms with Gasteiger partial charge in [-0.25, -0.2) is 9.37 Å². The first kappa shape index (κ1) is 14.3. The molecule has 1 aromatic heterocycles. The van der Waals surface area contributed by atoms with E-state index in [1.54, 1.807) is 12.3 Å². The molecule has 0 radical (unpaired) electrons. The maximum absolute atomic E-state index is 14.5. The van der Waals surface area contributed by atoms with E-state index in [2.05, 4.69) is 22.1 Å². The molecule has 4 heteroatoms. The van der Waals surface area contributed by atoms with E-state index in [-0.39, 0.29) is 5.82 Å². The number of hydrogen-bond acceptors (Lipinski definition) is 3. The summed E-state index contributed by atoms with van der Waals surface area (Å²) in [5, 5.41) is 3.01. The molecular formula is C15H24FN3. The van der Waals surface area contributed by atoms with Crippen molar-refractivity contribution in [3.63, 3.8) is 0 Å². The van der Waals surface area contributed by atoms with Gasteiger partial charge in [0.05, 0.1) is 0 Å². The van der Waals surface area contributed by atoms with Gasteiger partial charge in [-0.15, -0.1) is 0 Å². The lowest BCUT2D eigenvalue weighted by Crippen LogP contribution is -2.36. The second kappa shape index (κ2) is 6.85. The summed E-state index contributed by atoms with van der Waals surface area (Å²) in [6.07, 6.45) is 7.54. The Balaban J connectivity index is 2.30. The lowest BCUT2D eigenvalue weighted by Gasteiger charge is -2.31. The van der Waals surface area contributed by atoms with Crippen molar-refractivity contribution >= 4 is 5.82 Å². The van der Waals surface area contributed by atoms with Gasteiger partial charge in [0.2, 0.25) is 0 Å². The average molecular weight is 265 g/mol. The minimum Gasteiger partial charge on any atom is -0.351 e. The van der Waals surface area contributed by atoms with Crippen LogP contribution in [0.2, 0.25) is 0 Å². The van der Waals surface area contributed by atoms with Crippen LogP contribution in [0.25, 0.3) is 0 Å². The first-order chi connectivity index (χ1) is 9.27. The van der Waals surface area contributed by atoms with Crippen LogP contribution in [0.5, 0.6) is 0 Å². The van der Waals surface area contributed by atoms with E-state index >= 15 is 0 Å². The van der Waals surface area contributed by atoms with Crippen LogP contribution in [0, 0.1) is 5.82 Å². The average Bonchev–Trinajstić information content (AvgIpc) is 2.66. The number of pyridine rings is 1.